The summed E-state index contributed by atoms with van der Waals surface area (Å²) in [4.78, 5) is 77.7. The van der Waals surface area contributed by atoms with Crippen molar-refractivity contribution in [1.82, 2.24) is 35.0 Å². The number of nitrogens with one attached hydrogen (secondary N) is 3. The number of ether oxygens (including phenoxy) is 2. The standard InChI is InChI=1S/C46H53ClFN9O7/c1-25(2)57-36-7-4-28(18-27(36)19-38(45(57)62)63-24-40(59)49-3)51-42-35(47)22-50-46(53-42)55-16-12-30(13-17-55)64-31-20-29(21-31)54-14-10-26(11-15-54)32-5-6-33-34(41(32)48)23-56(44(33)61)37-8-9-39(58)52-43(37)60/h4-7,18-19,22,25-26,29-31,37H,8-17,20-21,23-24H2,1-3H3,(H,49,59)(H,50,51,53)(H,52,58,60)/t29-,31-,37-/m1/s1. The van der Waals surface area contributed by atoms with Crippen LogP contribution in [0.1, 0.15) is 98.7 Å². The molecular formula is C46H53ClFN9O7. The summed E-state index contributed by atoms with van der Waals surface area (Å²) < 4.78 is 29.8. The molecular weight excluding hydrogens is 845 g/mol. The van der Waals surface area contributed by atoms with Gasteiger partial charge in [0, 0.05) is 60.8 Å². The lowest BCUT2D eigenvalue weighted by atomic mass is 9.83. The third kappa shape index (κ3) is 8.64. The van der Waals surface area contributed by atoms with Gasteiger partial charge in [-0.3, -0.25) is 29.3 Å². The molecule has 16 nitrogen and oxygen atoms in total. The zero-order chi connectivity index (χ0) is 44.8. The number of fused-ring (bicyclic) bond motifs is 2. The Morgan fingerprint density at radius 2 is 1.75 bits per heavy atom. The number of hydrogen-bond acceptors (Lipinski definition) is 12. The number of halogens is 2. The van der Waals surface area contributed by atoms with Crippen LogP contribution in [-0.4, -0.2) is 112 Å². The lowest BCUT2D eigenvalue weighted by Gasteiger charge is -2.47. The quantitative estimate of drug-likeness (QED) is 0.159. The van der Waals surface area contributed by atoms with Gasteiger partial charge < -0.3 is 39.4 Å². The number of likely N-dealkylation sites (tertiary alicyclic amines) is 1. The van der Waals surface area contributed by atoms with E-state index in [1.165, 1.54) is 11.9 Å². The molecule has 4 aliphatic heterocycles. The third-order valence-electron chi connectivity index (χ3n) is 13.5. The van der Waals surface area contributed by atoms with Crippen molar-refractivity contribution in [2.45, 2.75) is 108 Å². The van der Waals surface area contributed by atoms with Crippen molar-refractivity contribution >= 4 is 63.6 Å². The first-order valence-corrected chi connectivity index (χ1v) is 22.7. The number of benzene rings is 2. The maximum absolute atomic E-state index is 16.0. The van der Waals surface area contributed by atoms with Crippen LogP contribution >= 0.6 is 11.6 Å². The van der Waals surface area contributed by atoms with Gasteiger partial charge in [-0.25, -0.2) is 9.37 Å². The van der Waals surface area contributed by atoms with E-state index in [2.05, 4.69) is 30.7 Å². The van der Waals surface area contributed by atoms with Crippen LogP contribution in [0, 0.1) is 5.82 Å². The molecule has 0 unspecified atom stereocenters. The predicted molar refractivity (Wildman–Crippen MR) is 238 cm³/mol. The fraction of sp³-hybridized carbons (Fsp3) is 0.500. The molecule has 0 radical (unpaired) electrons. The lowest BCUT2D eigenvalue weighted by molar-refractivity contribution is -0.137. The highest BCUT2D eigenvalue weighted by atomic mass is 35.5. The number of hydrogen-bond donors (Lipinski definition) is 3. The van der Waals surface area contributed by atoms with Crippen molar-refractivity contribution in [1.29, 1.82) is 0 Å². The molecule has 0 bridgehead atoms. The van der Waals surface area contributed by atoms with Crippen molar-refractivity contribution in [3.05, 3.63) is 80.5 Å². The largest absolute Gasteiger partial charge is 0.478 e. The number of aromatic nitrogens is 3. The van der Waals surface area contributed by atoms with Crippen LogP contribution in [0.25, 0.3) is 10.9 Å². The Morgan fingerprint density at radius 3 is 2.47 bits per heavy atom. The highest BCUT2D eigenvalue weighted by Crippen LogP contribution is 2.39. The van der Waals surface area contributed by atoms with Gasteiger partial charge in [0.1, 0.15) is 16.9 Å². The molecule has 0 spiro atoms. The van der Waals surface area contributed by atoms with Crippen LogP contribution in [0.3, 0.4) is 0 Å². The molecule has 64 heavy (non-hydrogen) atoms. The van der Waals surface area contributed by atoms with Gasteiger partial charge in [0.05, 0.1) is 30.5 Å². The minimum absolute atomic E-state index is 0.0380. The fourth-order valence-corrected chi connectivity index (χ4v) is 10.0. The van der Waals surface area contributed by atoms with Crippen molar-refractivity contribution < 1.29 is 33.0 Å². The van der Waals surface area contributed by atoms with Crippen LogP contribution in [0.15, 0.2) is 47.4 Å². The Bertz CT molecular complexity index is 2550. The van der Waals surface area contributed by atoms with E-state index in [-0.39, 0.29) is 85.0 Å². The number of anilines is 3. The third-order valence-corrected chi connectivity index (χ3v) is 13.8. The van der Waals surface area contributed by atoms with E-state index in [0.29, 0.717) is 45.2 Å². The van der Waals surface area contributed by atoms with Gasteiger partial charge in [-0.2, -0.15) is 4.98 Å². The minimum atomic E-state index is -0.769. The zero-order valence-corrected chi connectivity index (χ0v) is 37.0. The highest BCUT2D eigenvalue weighted by Gasteiger charge is 2.42. The van der Waals surface area contributed by atoms with Gasteiger partial charge in [-0.15, -0.1) is 0 Å². The number of imide groups is 1. The van der Waals surface area contributed by atoms with Gasteiger partial charge >= 0.3 is 0 Å². The Kier molecular flexibility index (Phi) is 12.3. The number of rotatable bonds is 12. The topological polar surface area (TPSA) is 180 Å². The Balaban J connectivity index is 0.746. The van der Waals surface area contributed by atoms with Crippen molar-refractivity contribution in [2.24, 2.45) is 0 Å². The van der Waals surface area contributed by atoms with Crippen LogP contribution in [0.5, 0.6) is 5.75 Å². The van der Waals surface area contributed by atoms with Crippen LogP contribution in [0.4, 0.5) is 21.8 Å². The number of nitrogens with zero attached hydrogens (tertiary/aromatic N) is 6. The van der Waals surface area contributed by atoms with Crippen LogP contribution in [0.2, 0.25) is 5.02 Å². The summed E-state index contributed by atoms with van der Waals surface area (Å²) in [6, 6.07) is 10.2. The van der Waals surface area contributed by atoms with E-state index in [1.54, 1.807) is 29.0 Å². The molecule has 5 aliphatic rings. The first-order chi connectivity index (χ1) is 30.8. The molecule has 6 heterocycles. The molecule has 1 saturated carbocycles. The van der Waals surface area contributed by atoms with E-state index >= 15 is 4.39 Å². The molecule has 1 aliphatic carbocycles. The SMILES string of the molecule is CNC(=O)COc1cc2cc(Nc3nc(N4CCC(O[C@H]5C[C@H](N6CCC(c7ccc8c(c7F)CN([C@@H]7CCC(=O)NC7=O)C8=O)CC6)C5)CC4)ncc3Cl)ccc2n(C(C)C)c1=O. The summed E-state index contributed by atoms with van der Waals surface area (Å²) in [5.74, 6) is -0.732. The second-order valence-electron chi connectivity index (χ2n) is 17.8. The van der Waals surface area contributed by atoms with E-state index in [0.717, 1.165) is 75.6 Å². The van der Waals surface area contributed by atoms with Gasteiger partial charge in [0.15, 0.2) is 18.2 Å². The molecule has 2 aromatic carbocycles. The number of amides is 4. The molecule has 18 heteroatoms. The summed E-state index contributed by atoms with van der Waals surface area (Å²) in [5, 5.41) is 9.23. The maximum atomic E-state index is 16.0. The summed E-state index contributed by atoms with van der Waals surface area (Å²) >= 11 is 6.59. The van der Waals surface area contributed by atoms with Gasteiger partial charge in [-0.1, -0.05) is 17.7 Å². The summed E-state index contributed by atoms with van der Waals surface area (Å²) in [6.07, 6.45) is 7.63. The second-order valence-corrected chi connectivity index (χ2v) is 18.2. The Labute approximate surface area is 374 Å². The number of pyridine rings is 1. The minimum Gasteiger partial charge on any atom is -0.478 e. The van der Waals surface area contributed by atoms with Crippen LogP contribution in [-0.2, 0) is 25.7 Å². The number of carbonyl (C=O) groups excluding carboxylic acids is 4. The molecule has 4 fully saturated rings. The molecule has 3 saturated heterocycles. The smallest absolute Gasteiger partial charge is 0.293 e. The molecule has 2 aromatic heterocycles. The van der Waals surface area contributed by atoms with Gasteiger partial charge in [0.25, 0.3) is 17.4 Å². The molecule has 1 atom stereocenters. The van der Waals surface area contributed by atoms with E-state index in [4.69, 9.17) is 26.1 Å². The second kappa shape index (κ2) is 18.1. The monoisotopic (exact) mass is 897 g/mol. The zero-order valence-electron chi connectivity index (χ0n) is 36.2. The maximum Gasteiger partial charge on any atom is 0.293 e. The number of likely N-dealkylation sites (N-methyl/N-ethyl adjacent to an activating group) is 1. The summed E-state index contributed by atoms with van der Waals surface area (Å²) in [6.45, 7) is 6.81. The predicted octanol–water partition coefficient (Wildman–Crippen LogP) is 5.19. The molecule has 9 rings (SSSR count). The fourth-order valence-electron chi connectivity index (χ4n) is 9.89. The average Bonchev–Trinajstić information content (AvgIpc) is 3.61. The molecule has 4 aromatic rings. The van der Waals surface area contributed by atoms with Crippen molar-refractivity contribution in [2.75, 3.05) is 50.1 Å². The van der Waals surface area contributed by atoms with Crippen LogP contribution < -0.4 is 31.1 Å². The number of carbonyl (C=O) groups is 4. The highest BCUT2D eigenvalue weighted by molar-refractivity contribution is 6.33. The Morgan fingerprint density at radius 1 is 0.984 bits per heavy atom. The van der Waals surface area contributed by atoms with E-state index in [1.807, 2.05) is 32.0 Å². The Hall–Kier alpha value is -5.65. The normalized spacial score (nSPS) is 22.2. The van der Waals surface area contributed by atoms with Gasteiger partial charge in [0.2, 0.25) is 17.8 Å². The van der Waals surface area contributed by atoms with E-state index < -0.39 is 11.9 Å². The summed E-state index contributed by atoms with van der Waals surface area (Å²) in [5.41, 5.74) is 2.41. The molecule has 338 valence electrons. The summed E-state index contributed by atoms with van der Waals surface area (Å²) in [7, 11) is 1.51. The average molecular weight is 898 g/mol. The van der Waals surface area contributed by atoms with Crippen molar-refractivity contribution in [3.63, 3.8) is 0 Å². The van der Waals surface area contributed by atoms with E-state index in [9.17, 15) is 24.0 Å². The first kappa shape index (κ1) is 43.6. The lowest BCUT2D eigenvalue weighted by Crippen LogP contribution is -2.52. The van der Waals surface area contributed by atoms with Gasteiger partial charge in [-0.05, 0) is 114 Å². The molecule has 4 amide bonds. The molecule has 3 N–H and O–H groups in total. The number of piperidine rings is 3. The first-order valence-electron chi connectivity index (χ1n) is 22.3. The van der Waals surface area contributed by atoms with Crippen molar-refractivity contribution in [3.8, 4) is 5.75 Å².